The summed E-state index contributed by atoms with van der Waals surface area (Å²) in [6.07, 6.45) is 0. The molecule has 0 aliphatic rings. The van der Waals surface area contributed by atoms with Crippen molar-refractivity contribution in [3.8, 4) is 0 Å². The van der Waals surface area contributed by atoms with Crippen molar-refractivity contribution in [2.24, 2.45) is 0 Å². The Morgan fingerprint density at radius 2 is 2.00 bits per heavy atom. The minimum absolute atomic E-state index is 0.172. The summed E-state index contributed by atoms with van der Waals surface area (Å²) < 4.78 is 14.3. The molecule has 0 fully saturated rings. The zero-order chi connectivity index (χ0) is 13.5. The van der Waals surface area contributed by atoms with Gasteiger partial charge < -0.3 is 14.2 Å². The zero-order valence-electron chi connectivity index (χ0n) is 10.0. The van der Waals surface area contributed by atoms with E-state index in [1.807, 2.05) is 0 Å². The van der Waals surface area contributed by atoms with Crippen molar-refractivity contribution >= 4 is 27.9 Å². The lowest BCUT2D eigenvalue weighted by Gasteiger charge is -2.11. The molecule has 0 aromatic heterocycles. The van der Waals surface area contributed by atoms with Crippen LogP contribution in [0.4, 0.5) is 0 Å². The first-order chi connectivity index (χ1) is 8.58. The zero-order valence-corrected chi connectivity index (χ0v) is 11.6. The van der Waals surface area contributed by atoms with E-state index < -0.39 is 17.0 Å². The molecule has 1 rings (SSSR count). The Morgan fingerprint density at radius 1 is 1.28 bits per heavy atom. The summed E-state index contributed by atoms with van der Waals surface area (Å²) in [7, 11) is 2.60. The highest BCUT2D eigenvalue weighted by molar-refractivity contribution is 9.09. The van der Waals surface area contributed by atoms with Crippen molar-refractivity contribution in [3.05, 3.63) is 35.4 Å². The third-order valence-corrected chi connectivity index (χ3v) is 2.94. The molecule has 0 saturated heterocycles. The van der Waals surface area contributed by atoms with E-state index in [2.05, 4.69) is 25.4 Å². The minimum atomic E-state index is -0.499. The Hall–Kier alpha value is -1.40. The maximum atomic E-state index is 11.3. The van der Waals surface area contributed by atoms with E-state index in [9.17, 15) is 9.59 Å². The first-order valence-electron chi connectivity index (χ1n) is 5.09. The molecule has 0 saturated carbocycles. The fraction of sp³-hybridized carbons (Fsp3) is 0.333. The minimum Gasteiger partial charge on any atom is -0.467 e. The fourth-order valence-corrected chi connectivity index (χ4v) is 1.64. The predicted octanol–water partition coefficient (Wildman–Crippen LogP) is 2.06. The van der Waals surface area contributed by atoms with Crippen LogP contribution in [0.1, 0.15) is 20.9 Å². The smallest absolute Gasteiger partial charge is 0.337 e. The van der Waals surface area contributed by atoms with Gasteiger partial charge in [0.15, 0.2) is 0 Å². The summed E-state index contributed by atoms with van der Waals surface area (Å²) in [5.41, 5.74) is 1.13. The van der Waals surface area contributed by atoms with Crippen LogP contribution >= 0.6 is 15.9 Å². The third-order valence-electron chi connectivity index (χ3n) is 2.14. The van der Waals surface area contributed by atoms with Gasteiger partial charge in [0.05, 0.1) is 19.8 Å². The molecule has 6 heteroatoms. The van der Waals surface area contributed by atoms with Gasteiger partial charge in [0.1, 0.15) is 11.6 Å². The van der Waals surface area contributed by atoms with Crippen molar-refractivity contribution in [2.45, 2.75) is 5.01 Å². The number of halogens is 1. The number of carbonyl (C=O) groups excluding carboxylic acids is 2. The fourth-order valence-electron chi connectivity index (χ4n) is 1.22. The van der Waals surface area contributed by atoms with Gasteiger partial charge in [-0.15, -0.1) is 0 Å². The van der Waals surface area contributed by atoms with Crippen molar-refractivity contribution in [1.82, 2.24) is 0 Å². The highest BCUT2D eigenvalue weighted by Crippen LogP contribution is 2.24. The molecular formula is C12H13BrO5. The van der Waals surface area contributed by atoms with Crippen molar-refractivity contribution in [3.63, 3.8) is 0 Å². The molecule has 1 aromatic rings. The third kappa shape index (κ3) is 4.12. The summed E-state index contributed by atoms with van der Waals surface area (Å²) in [6.45, 7) is -0.172. The Balaban J connectivity index is 2.71. The molecule has 18 heavy (non-hydrogen) atoms. The lowest BCUT2D eigenvalue weighted by Crippen LogP contribution is -2.11. The van der Waals surface area contributed by atoms with Gasteiger partial charge >= 0.3 is 11.9 Å². The molecule has 0 amide bonds. The molecule has 5 nitrogen and oxygen atoms in total. The molecule has 0 aliphatic carbocycles. The van der Waals surface area contributed by atoms with Crippen LogP contribution in [0.25, 0.3) is 0 Å². The van der Waals surface area contributed by atoms with Gasteiger partial charge in [0, 0.05) is 0 Å². The van der Waals surface area contributed by atoms with Gasteiger partial charge in [0.25, 0.3) is 0 Å². The lowest BCUT2D eigenvalue weighted by molar-refractivity contribution is -0.146. The summed E-state index contributed by atoms with van der Waals surface area (Å²) in [6, 6.07) is 6.73. The quantitative estimate of drug-likeness (QED) is 0.614. The van der Waals surface area contributed by atoms with Gasteiger partial charge in [-0.3, -0.25) is 0 Å². The molecule has 0 bridgehead atoms. The maximum Gasteiger partial charge on any atom is 0.337 e. The molecular weight excluding hydrogens is 304 g/mol. The summed E-state index contributed by atoms with van der Waals surface area (Å²) in [5.74, 6) is -0.895. The molecule has 1 atom stereocenters. The van der Waals surface area contributed by atoms with Crippen LogP contribution in [0, 0.1) is 0 Å². The van der Waals surface area contributed by atoms with Crippen LogP contribution in [0.5, 0.6) is 0 Å². The molecule has 0 spiro atoms. The molecule has 0 aliphatic heterocycles. The van der Waals surface area contributed by atoms with E-state index in [0.717, 1.165) is 0 Å². The molecule has 98 valence electrons. The van der Waals surface area contributed by atoms with Gasteiger partial charge in [0.2, 0.25) is 0 Å². The SMILES string of the molecule is COC(=O)COC(Br)c1cccc(C(=O)OC)c1. The maximum absolute atomic E-state index is 11.3. The van der Waals surface area contributed by atoms with Crippen LogP contribution in [-0.2, 0) is 19.0 Å². The number of hydrogen-bond donors (Lipinski definition) is 0. The Morgan fingerprint density at radius 3 is 2.61 bits per heavy atom. The number of esters is 2. The van der Waals surface area contributed by atoms with Crippen LogP contribution < -0.4 is 0 Å². The number of benzene rings is 1. The van der Waals surface area contributed by atoms with E-state index in [4.69, 9.17) is 4.74 Å². The normalized spacial score (nSPS) is 11.7. The standard InChI is InChI=1S/C12H13BrO5/c1-16-10(14)7-18-11(13)8-4-3-5-9(6-8)12(15)17-2/h3-6,11H,7H2,1-2H3. The van der Waals surface area contributed by atoms with Crippen molar-refractivity contribution < 1.29 is 23.8 Å². The van der Waals surface area contributed by atoms with E-state index in [-0.39, 0.29) is 6.61 Å². The molecule has 0 heterocycles. The van der Waals surface area contributed by atoms with Crippen molar-refractivity contribution in [2.75, 3.05) is 20.8 Å². The second kappa shape index (κ2) is 7.13. The van der Waals surface area contributed by atoms with E-state index in [1.54, 1.807) is 24.3 Å². The highest BCUT2D eigenvalue weighted by atomic mass is 79.9. The largest absolute Gasteiger partial charge is 0.467 e. The topological polar surface area (TPSA) is 61.8 Å². The first-order valence-corrected chi connectivity index (χ1v) is 6.00. The number of ether oxygens (including phenoxy) is 3. The Kier molecular flexibility index (Phi) is 5.80. The lowest BCUT2D eigenvalue weighted by atomic mass is 10.1. The Bertz CT molecular complexity index is 432. The second-order valence-corrected chi connectivity index (χ2v) is 4.15. The van der Waals surface area contributed by atoms with Gasteiger partial charge in [-0.25, -0.2) is 9.59 Å². The summed E-state index contributed by atoms with van der Waals surface area (Å²) in [4.78, 5) is 22.3. The predicted molar refractivity (Wildman–Crippen MR) is 67.4 cm³/mol. The highest BCUT2D eigenvalue weighted by Gasteiger charge is 2.13. The van der Waals surface area contributed by atoms with Crippen LogP contribution in [0.2, 0.25) is 0 Å². The average Bonchev–Trinajstić information content (AvgIpc) is 2.43. The number of carbonyl (C=O) groups is 2. The van der Waals surface area contributed by atoms with Crippen LogP contribution in [-0.4, -0.2) is 32.8 Å². The van der Waals surface area contributed by atoms with Gasteiger partial charge in [-0.1, -0.05) is 28.1 Å². The Labute approximate surface area is 113 Å². The second-order valence-electron chi connectivity index (χ2n) is 3.32. The molecule has 1 unspecified atom stereocenters. The number of rotatable bonds is 5. The monoisotopic (exact) mass is 316 g/mol. The number of methoxy groups -OCH3 is 2. The molecule has 0 radical (unpaired) electrons. The number of hydrogen-bond acceptors (Lipinski definition) is 5. The van der Waals surface area contributed by atoms with Gasteiger partial charge in [-0.05, 0) is 17.7 Å². The van der Waals surface area contributed by atoms with Crippen LogP contribution in [0.15, 0.2) is 24.3 Å². The molecule has 1 aromatic carbocycles. The average molecular weight is 317 g/mol. The molecule has 0 N–H and O–H groups in total. The van der Waals surface area contributed by atoms with Gasteiger partial charge in [-0.2, -0.15) is 0 Å². The van der Waals surface area contributed by atoms with E-state index in [1.165, 1.54) is 14.2 Å². The first kappa shape index (κ1) is 14.7. The number of alkyl halides is 1. The van der Waals surface area contributed by atoms with Crippen molar-refractivity contribution in [1.29, 1.82) is 0 Å². The summed E-state index contributed by atoms with van der Waals surface area (Å²) in [5, 5.41) is -0.499. The van der Waals surface area contributed by atoms with E-state index in [0.29, 0.717) is 11.1 Å². The van der Waals surface area contributed by atoms with Crippen LogP contribution in [0.3, 0.4) is 0 Å². The summed E-state index contributed by atoms with van der Waals surface area (Å²) >= 11 is 3.27. The van der Waals surface area contributed by atoms with E-state index >= 15 is 0 Å².